The monoisotopic (exact) mass is 266 g/mol. The lowest BCUT2D eigenvalue weighted by Crippen LogP contribution is -2.18. The Balaban J connectivity index is 2.62. The lowest BCUT2D eigenvalue weighted by molar-refractivity contribution is 0.408. The summed E-state index contributed by atoms with van der Waals surface area (Å²) in [5.41, 5.74) is 1.18. The minimum Gasteiger partial charge on any atom is -0.309 e. The molecule has 5 heteroatoms. The fourth-order valence-electron chi connectivity index (χ4n) is 1.66. The summed E-state index contributed by atoms with van der Waals surface area (Å²) in [6, 6.07) is 8.76. The summed E-state index contributed by atoms with van der Waals surface area (Å²) >= 11 is 0. The van der Waals surface area contributed by atoms with Gasteiger partial charge in [-0.05, 0) is 44.8 Å². The van der Waals surface area contributed by atoms with Gasteiger partial charge in [-0.3, -0.25) is 0 Å². The molecular weight excluding hydrogens is 248 g/mol. The van der Waals surface area contributed by atoms with Crippen molar-refractivity contribution >= 4 is 9.84 Å². The van der Waals surface area contributed by atoms with Crippen LogP contribution in [0.15, 0.2) is 24.3 Å². The number of nitrogens with zero attached hydrogens (tertiary/aromatic N) is 2. The van der Waals surface area contributed by atoms with Gasteiger partial charge >= 0.3 is 0 Å². The van der Waals surface area contributed by atoms with Crippen LogP contribution in [0.1, 0.15) is 17.5 Å². The van der Waals surface area contributed by atoms with E-state index in [9.17, 15) is 8.42 Å². The zero-order valence-electron chi connectivity index (χ0n) is 10.8. The summed E-state index contributed by atoms with van der Waals surface area (Å²) in [6.07, 6.45) is 0.632. The van der Waals surface area contributed by atoms with Crippen molar-refractivity contribution in [2.45, 2.75) is 12.2 Å². The smallest absolute Gasteiger partial charge is 0.154 e. The van der Waals surface area contributed by atoms with E-state index in [0.717, 1.165) is 6.54 Å². The van der Waals surface area contributed by atoms with Crippen molar-refractivity contribution in [2.24, 2.45) is 0 Å². The second-order valence-electron chi connectivity index (χ2n) is 4.56. The van der Waals surface area contributed by atoms with Gasteiger partial charge in [-0.15, -0.1) is 0 Å². The molecule has 0 amide bonds. The number of benzene rings is 1. The molecule has 0 aliphatic rings. The van der Waals surface area contributed by atoms with Crippen molar-refractivity contribution in [3.05, 3.63) is 35.4 Å². The topological polar surface area (TPSA) is 61.2 Å². The molecule has 1 rings (SSSR count). The van der Waals surface area contributed by atoms with E-state index in [0.29, 0.717) is 17.5 Å². The molecule has 0 unspecified atom stereocenters. The molecule has 98 valence electrons. The van der Waals surface area contributed by atoms with Crippen LogP contribution in [-0.4, -0.2) is 39.7 Å². The maximum Gasteiger partial charge on any atom is 0.154 e. The highest BCUT2D eigenvalue weighted by Gasteiger charge is 2.12. The molecular formula is C13H18N2O2S. The second-order valence-corrected chi connectivity index (χ2v) is 6.75. The normalized spacial score (nSPS) is 11.4. The Hall–Kier alpha value is -1.38. The van der Waals surface area contributed by atoms with E-state index in [1.165, 1.54) is 0 Å². The first-order valence-corrected chi connectivity index (χ1v) is 7.59. The third kappa shape index (κ3) is 5.30. The van der Waals surface area contributed by atoms with Gasteiger partial charge in [0.05, 0.1) is 23.1 Å². The number of hydrogen-bond donors (Lipinski definition) is 0. The summed E-state index contributed by atoms with van der Waals surface area (Å²) in [5, 5.41) is 8.76. The Morgan fingerprint density at radius 3 is 2.67 bits per heavy atom. The molecule has 0 atom stereocenters. The van der Waals surface area contributed by atoms with Gasteiger partial charge in [-0.2, -0.15) is 5.26 Å². The Morgan fingerprint density at radius 1 is 1.33 bits per heavy atom. The summed E-state index contributed by atoms with van der Waals surface area (Å²) in [7, 11) is 0.748. The van der Waals surface area contributed by atoms with Gasteiger partial charge in [0.2, 0.25) is 0 Å². The minimum absolute atomic E-state index is 0.00987. The molecule has 0 aliphatic heterocycles. The Kier molecular flexibility index (Phi) is 5.32. The molecule has 0 radical (unpaired) electrons. The van der Waals surface area contributed by atoms with E-state index in [1.54, 1.807) is 24.3 Å². The maximum atomic E-state index is 11.9. The average Bonchev–Trinajstić information content (AvgIpc) is 2.27. The zero-order valence-corrected chi connectivity index (χ0v) is 11.6. The maximum absolute atomic E-state index is 11.9. The third-order valence-corrected chi connectivity index (χ3v) is 4.19. The van der Waals surface area contributed by atoms with E-state index in [1.807, 2.05) is 25.1 Å². The zero-order chi connectivity index (χ0) is 13.6. The molecule has 0 fully saturated rings. The molecule has 0 heterocycles. The van der Waals surface area contributed by atoms with Gasteiger partial charge in [0.1, 0.15) is 0 Å². The van der Waals surface area contributed by atoms with Crippen molar-refractivity contribution in [1.82, 2.24) is 4.90 Å². The van der Waals surface area contributed by atoms with Gasteiger partial charge < -0.3 is 4.90 Å². The molecule has 1 aromatic rings. The average molecular weight is 266 g/mol. The molecule has 0 saturated carbocycles. The quantitative estimate of drug-likeness (QED) is 0.781. The van der Waals surface area contributed by atoms with Gasteiger partial charge in [0.15, 0.2) is 9.84 Å². The van der Waals surface area contributed by atoms with Crippen LogP contribution >= 0.6 is 0 Å². The van der Waals surface area contributed by atoms with E-state index in [-0.39, 0.29) is 11.5 Å². The molecule has 18 heavy (non-hydrogen) atoms. The van der Waals surface area contributed by atoms with E-state index < -0.39 is 9.84 Å². The first kappa shape index (κ1) is 14.7. The number of rotatable bonds is 6. The molecule has 0 bridgehead atoms. The van der Waals surface area contributed by atoms with Crippen LogP contribution in [0.3, 0.4) is 0 Å². The van der Waals surface area contributed by atoms with Crippen LogP contribution in [0, 0.1) is 11.3 Å². The Bertz CT molecular complexity index is 530. The van der Waals surface area contributed by atoms with Gasteiger partial charge in [0.25, 0.3) is 0 Å². The number of hydrogen-bond acceptors (Lipinski definition) is 4. The van der Waals surface area contributed by atoms with Crippen molar-refractivity contribution in [3.63, 3.8) is 0 Å². The first-order valence-electron chi connectivity index (χ1n) is 5.77. The van der Waals surface area contributed by atoms with Gasteiger partial charge in [0, 0.05) is 0 Å². The summed E-state index contributed by atoms with van der Waals surface area (Å²) in [5.74, 6) is 0.192. The molecule has 0 N–H and O–H groups in total. The molecule has 0 spiro atoms. The van der Waals surface area contributed by atoms with Crippen molar-refractivity contribution in [3.8, 4) is 6.07 Å². The predicted molar refractivity (Wildman–Crippen MR) is 71.8 cm³/mol. The molecule has 1 aromatic carbocycles. The molecule has 4 nitrogen and oxygen atoms in total. The number of nitriles is 1. The van der Waals surface area contributed by atoms with Crippen LogP contribution < -0.4 is 0 Å². The van der Waals surface area contributed by atoms with Crippen molar-refractivity contribution < 1.29 is 8.42 Å². The summed E-state index contributed by atoms with van der Waals surface area (Å²) in [6.45, 7) is 0.761. The van der Waals surface area contributed by atoms with Gasteiger partial charge in [-0.1, -0.05) is 12.1 Å². The first-order chi connectivity index (χ1) is 8.43. The number of sulfone groups is 1. The largest absolute Gasteiger partial charge is 0.309 e. The van der Waals surface area contributed by atoms with E-state index in [4.69, 9.17) is 5.26 Å². The standard InChI is InChI=1S/C13H18N2O2S/c1-15(2)7-4-8-18(16,17)11-13-6-3-5-12(9-13)10-14/h3,5-6,9H,4,7-8,11H2,1-2H3. The van der Waals surface area contributed by atoms with E-state index >= 15 is 0 Å². The van der Waals surface area contributed by atoms with Crippen LogP contribution in [0.2, 0.25) is 0 Å². The Labute approximate surface area is 109 Å². The second kappa shape index (κ2) is 6.53. The highest BCUT2D eigenvalue weighted by molar-refractivity contribution is 7.90. The summed E-state index contributed by atoms with van der Waals surface area (Å²) < 4.78 is 23.8. The summed E-state index contributed by atoms with van der Waals surface area (Å²) in [4.78, 5) is 1.96. The van der Waals surface area contributed by atoms with Gasteiger partial charge in [-0.25, -0.2) is 8.42 Å². The lowest BCUT2D eigenvalue weighted by Gasteiger charge is -2.09. The minimum atomic E-state index is -3.09. The third-order valence-electron chi connectivity index (χ3n) is 2.50. The SMILES string of the molecule is CN(C)CCCS(=O)(=O)Cc1cccc(C#N)c1. The van der Waals surface area contributed by atoms with Crippen LogP contribution in [0.5, 0.6) is 0 Å². The fraction of sp³-hybridized carbons (Fsp3) is 0.462. The highest BCUT2D eigenvalue weighted by Crippen LogP contribution is 2.10. The molecule has 0 aliphatic carbocycles. The lowest BCUT2D eigenvalue weighted by atomic mass is 10.2. The highest BCUT2D eigenvalue weighted by atomic mass is 32.2. The molecule has 0 saturated heterocycles. The fourth-order valence-corrected chi connectivity index (χ4v) is 3.06. The van der Waals surface area contributed by atoms with Crippen molar-refractivity contribution in [2.75, 3.05) is 26.4 Å². The van der Waals surface area contributed by atoms with Crippen LogP contribution in [-0.2, 0) is 15.6 Å². The Morgan fingerprint density at radius 2 is 2.06 bits per heavy atom. The molecule has 0 aromatic heterocycles. The van der Waals surface area contributed by atoms with Crippen LogP contribution in [0.25, 0.3) is 0 Å². The van der Waals surface area contributed by atoms with Crippen LogP contribution in [0.4, 0.5) is 0 Å². The predicted octanol–water partition coefficient (Wildman–Crippen LogP) is 1.42. The van der Waals surface area contributed by atoms with Crippen molar-refractivity contribution in [1.29, 1.82) is 5.26 Å². The van der Waals surface area contributed by atoms with E-state index in [2.05, 4.69) is 0 Å².